The molecule has 5 nitrogen and oxygen atoms in total. The van der Waals surface area contributed by atoms with Gasteiger partial charge < -0.3 is 15.5 Å². The number of carbonyl (C=O) groups is 2. The highest BCUT2D eigenvalue weighted by atomic mass is 19.4. The highest BCUT2D eigenvalue weighted by Crippen LogP contribution is 2.34. The van der Waals surface area contributed by atoms with Gasteiger partial charge in [-0.3, -0.25) is 4.79 Å². The van der Waals surface area contributed by atoms with E-state index in [0.29, 0.717) is 30.5 Å². The number of nitrogens with zero attached hydrogens (tertiary/aromatic N) is 1. The van der Waals surface area contributed by atoms with E-state index in [2.05, 4.69) is 10.6 Å². The molecule has 1 heterocycles. The molecular formula is C26H31F4N3O2. The Bertz CT molecular complexity index is 1040. The number of nitrogens with one attached hydrogen (secondary N) is 2. The fraction of sp³-hybridized carbons (Fsp3) is 0.462. The van der Waals surface area contributed by atoms with Crippen molar-refractivity contribution in [2.45, 2.75) is 58.3 Å². The zero-order chi connectivity index (χ0) is 25.6. The predicted octanol–water partition coefficient (Wildman–Crippen LogP) is 5.73. The molecule has 0 bridgehead atoms. The third-order valence-corrected chi connectivity index (χ3v) is 6.31. The highest BCUT2D eigenvalue weighted by molar-refractivity contribution is 5.81. The summed E-state index contributed by atoms with van der Waals surface area (Å²) in [5.74, 6) is -1.15. The summed E-state index contributed by atoms with van der Waals surface area (Å²) < 4.78 is 52.7. The monoisotopic (exact) mass is 493 g/mol. The van der Waals surface area contributed by atoms with Gasteiger partial charge >= 0.3 is 12.2 Å². The standard InChI is InChI=1S/C26H31F4N3O2/c1-3-4-12-31-25(35)33-16-20(9-11-23(33)19-8-10-22(27)17(2)13-19)24(34)32-15-18-6-5-7-21(14-18)26(28,29)30/h5-8,10,13-14,20,23H,3-4,9,11-12,15-16H2,1-2H3,(H,31,35)(H,32,34). The smallest absolute Gasteiger partial charge is 0.352 e. The van der Waals surface area contributed by atoms with Crippen molar-refractivity contribution in [3.8, 4) is 0 Å². The maximum absolute atomic E-state index is 13.8. The minimum Gasteiger partial charge on any atom is -0.352 e. The molecule has 0 radical (unpaired) electrons. The molecule has 2 aromatic rings. The first kappa shape index (κ1) is 26.5. The summed E-state index contributed by atoms with van der Waals surface area (Å²) in [6.07, 6.45) is -1.72. The molecule has 3 amide bonds. The predicted molar refractivity (Wildman–Crippen MR) is 125 cm³/mol. The second kappa shape index (κ2) is 11.6. The topological polar surface area (TPSA) is 61.4 Å². The van der Waals surface area contributed by atoms with E-state index < -0.39 is 17.7 Å². The van der Waals surface area contributed by atoms with Gasteiger partial charge in [0.05, 0.1) is 17.5 Å². The van der Waals surface area contributed by atoms with Crippen LogP contribution in [0.2, 0.25) is 0 Å². The second-order valence-corrected chi connectivity index (χ2v) is 8.95. The third-order valence-electron chi connectivity index (χ3n) is 6.31. The van der Waals surface area contributed by atoms with Crippen LogP contribution >= 0.6 is 0 Å². The van der Waals surface area contributed by atoms with Crippen LogP contribution in [0.15, 0.2) is 42.5 Å². The maximum Gasteiger partial charge on any atom is 0.416 e. The van der Waals surface area contributed by atoms with Gasteiger partial charge in [0.25, 0.3) is 0 Å². The van der Waals surface area contributed by atoms with Crippen LogP contribution in [-0.4, -0.2) is 29.9 Å². The van der Waals surface area contributed by atoms with Gasteiger partial charge in [0.2, 0.25) is 5.91 Å². The molecule has 9 heteroatoms. The van der Waals surface area contributed by atoms with Crippen molar-refractivity contribution in [1.29, 1.82) is 0 Å². The minimum atomic E-state index is -4.46. The molecule has 1 fully saturated rings. The van der Waals surface area contributed by atoms with Crippen molar-refractivity contribution in [2.75, 3.05) is 13.1 Å². The molecule has 1 aliphatic heterocycles. The van der Waals surface area contributed by atoms with E-state index in [1.165, 1.54) is 18.2 Å². The summed E-state index contributed by atoms with van der Waals surface area (Å²) in [5, 5.41) is 5.61. The van der Waals surface area contributed by atoms with Gasteiger partial charge in [0.1, 0.15) is 5.82 Å². The van der Waals surface area contributed by atoms with Crippen LogP contribution in [-0.2, 0) is 17.5 Å². The number of hydrogen-bond donors (Lipinski definition) is 2. The quantitative estimate of drug-likeness (QED) is 0.382. The van der Waals surface area contributed by atoms with E-state index >= 15 is 0 Å². The van der Waals surface area contributed by atoms with E-state index in [1.807, 2.05) is 6.92 Å². The minimum absolute atomic E-state index is 0.0392. The maximum atomic E-state index is 13.8. The van der Waals surface area contributed by atoms with Gasteiger partial charge in [-0.1, -0.05) is 37.6 Å². The number of carbonyl (C=O) groups excluding carboxylic acids is 2. The van der Waals surface area contributed by atoms with Crippen LogP contribution in [0.3, 0.4) is 0 Å². The molecular weight excluding hydrogens is 462 g/mol. The lowest BCUT2D eigenvalue weighted by Gasteiger charge is -2.39. The van der Waals surface area contributed by atoms with Gasteiger partial charge in [0.15, 0.2) is 0 Å². The second-order valence-electron chi connectivity index (χ2n) is 8.95. The van der Waals surface area contributed by atoms with E-state index in [-0.39, 0.29) is 36.9 Å². The van der Waals surface area contributed by atoms with Crippen molar-refractivity contribution in [2.24, 2.45) is 5.92 Å². The molecule has 0 saturated carbocycles. The Morgan fingerprint density at radius 2 is 1.86 bits per heavy atom. The normalized spacial score (nSPS) is 18.3. The average molecular weight is 494 g/mol. The Hall–Kier alpha value is -3.10. The summed E-state index contributed by atoms with van der Waals surface area (Å²) >= 11 is 0. The molecule has 35 heavy (non-hydrogen) atoms. The molecule has 2 N–H and O–H groups in total. The fourth-order valence-corrected chi connectivity index (χ4v) is 4.30. The fourth-order valence-electron chi connectivity index (χ4n) is 4.30. The molecule has 190 valence electrons. The van der Waals surface area contributed by atoms with Crippen LogP contribution in [0.25, 0.3) is 0 Å². The Morgan fingerprint density at radius 1 is 1.09 bits per heavy atom. The lowest BCUT2D eigenvalue weighted by Crippen LogP contribution is -2.50. The number of urea groups is 1. The Labute approximate surface area is 202 Å². The molecule has 0 aromatic heterocycles. The van der Waals surface area contributed by atoms with Crippen LogP contribution in [0.1, 0.15) is 60.9 Å². The summed E-state index contributed by atoms with van der Waals surface area (Å²) in [6, 6.07) is 9.00. The average Bonchev–Trinajstić information content (AvgIpc) is 2.83. The largest absolute Gasteiger partial charge is 0.416 e. The number of benzene rings is 2. The zero-order valence-electron chi connectivity index (χ0n) is 19.9. The highest BCUT2D eigenvalue weighted by Gasteiger charge is 2.36. The van der Waals surface area contributed by atoms with Crippen molar-refractivity contribution < 1.29 is 27.2 Å². The van der Waals surface area contributed by atoms with Crippen LogP contribution < -0.4 is 10.6 Å². The molecule has 2 atom stereocenters. The first-order valence-electron chi connectivity index (χ1n) is 11.8. The first-order valence-corrected chi connectivity index (χ1v) is 11.8. The molecule has 2 unspecified atom stereocenters. The van der Waals surface area contributed by atoms with Crippen molar-refractivity contribution in [3.63, 3.8) is 0 Å². The van der Waals surface area contributed by atoms with Gasteiger partial charge in [-0.25, -0.2) is 9.18 Å². The number of hydrogen-bond acceptors (Lipinski definition) is 2. The SMILES string of the molecule is CCCCNC(=O)N1CC(C(=O)NCc2cccc(C(F)(F)F)c2)CCC1c1ccc(F)c(C)c1. The lowest BCUT2D eigenvalue weighted by atomic mass is 9.88. The van der Waals surface area contributed by atoms with Gasteiger partial charge in [-0.15, -0.1) is 0 Å². The van der Waals surface area contributed by atoms with Gasteiger partial charge in [-0.2, -0.15) is 13.2 Å². The van der Waals surface area contributed by atoms with Crippen molar-refractivity contribution in [3.05, 3.63) is 70.5 Å². The van der Waals surface area contributed by atoms with Crippen LogP contribution in [0.4, 0.5) is 22.4 Å². The lowest BCUT2D eigenvalue weighted by molar-refractivity contribution is -0.137. The number of amides is 3. The van der Waals surface area contributed by atoms with Crippen molar-refractivity contribution in [1.82, 2.24) is 15.5 Å². The summed E-state index contributed by atoms with van der Waals surface area (Å²) in [6.45, 7) is 4.31. The molecule has 1 saturated heterocycles. The number of rotatable bonds is 7. The number of alkyl halides is 3. The van der Waals surface area contributed by atoms with Gasteiger partial charge in [-0.05, 0) is 61.1 Å². The third kappa shape index (κ3) is 6.96. The zero-order valence-corrected chi connectivity index (χ0v) is 19.9. The molecule has 0 spiro atoms. The van der Waals surface area contributed by atoms with Crippen LogP contribution in [0.5, 0.6) is 0 Å². The van der Waals surface area contributed by atoms with Crippen LogP contribution in [0, 0.1) is 18.7 Å². The van der Waals surface area contributed by atoms with E-state index in [0.717, 1.165) is 30.5 Å². The summed E-state index contributed by atoms with van der Waals surface area (Å²) in [4.78, 5) is 27.5. The molecule has 0 aliphatic carbocycles. The number of piperidine rings is 1. The first-order chi connectivity index (χ1) is 16.6. The molecule has 1 aliphatic rings. The van der Waals surface area contributed by atoms with E-state index in [1.54, 1.807) is 24.0 Å². The molecule has 2 aromatic carbocycles. The van der Waals surface area contributed by atoms with E-state index in [4.69, 9.17) is 0 Å². The summed E-state index contributed by atoms with van der Waals surface area (Å²) in [7, 11) is 0. The van der Waals surface area contributed by atoms with Crippen molar-refractivity contribution >= 4 is 11.9 Å². The van der Waals surface area contributed by atoms with E-state index in [9.17, 15) is 27.2 Å². The Kier molecular flexibility index (Phi) is 8.75. The number of unbranched alkanes of at least 4 members (excludes halogenated alkanes) is 1. The Balaban J connectivity index is 1.70. The summed E-state index contributed by atoms with van der Waals surface area (Å²) in [5.41, 5.74) is 0.860. The van der Waals surface area contributed by atoms with Gasteiger partial charge in [0, 0.05) is 19.6 Å². The Morgan fingerprint density at radius 3 is 2.54 bits per heavy atom. The number of likely N-dealkylation sites (tertiary alicyclic amines) is 1. The molecule has 3 rings (SSSR count). The number of halogens is 4. The number of aryl methyl sites for hydroxylation is 1.